The number of esters is 2. The molecule has 0 aliphatic rings. The molecule has 0 saturated heterocycles. The van der Waals surface area contributed by atoms with Gasteiger partial charge in [0.25, 0.3) is 0 Å². The second-order valence-electron chi connectivity index (χ2n) is 13.8. The van der Waals surface area contributed by atoms with E-state index in [4.69, 9.17) is 24.3 Å². The van der Waals surface area contributed by atoms with E-state index in [1.807, 2.05) is 0 Å². The van der Waals surface area contributed by atoms with Crippen molar-refractivity contribution in [1.29, 1.82) is 0 Å². The minimum Gasteiger partial charge on any atom is -0.462 e. The fourth-order valence-electron chi connectivity index (χ4n) is 5.52. The number of phosphoric ester groups is 1. The van der Waals surface area contributed by atoms with Gasteiger partial charge in [-0.05, 0) is 77.0 Å². The molecule has 9 nitrogen and oxygen atoms in total. The Morgan fingerprint density at radius 2 is 0.981 bits per heavy atom. The van der Waals surface area contributed by atoms with E-state index < -0.39 is 32.5 Å². The minimum atomic E-state index is -4.38. The molecule has 0 bridgehead atoms. The van der Waals surface area contributed by atoms with Gasteiger partial charge in [-0.1, -0.05) is 140 Å². The predicted molar refractivity (Wildman–Crippen MR) is 220 cm³/mol. The quantitative estimate of drug-likeness (QED) is 0.0271. The summed E-state index contributed by atoms with van der Waals surface area (Å²) in [5, 5.41) is 0. The van der Waals surface area contributed by atoms with Gasteiger partial charge in [0, 0.05) is 19.4 Å². The normalized spacial score (nSPS) is 13.8. The number of phosphoric acid groups is 1. The summed E-state index contributed by atoms with van der Waals surface area (Å²) in [5.74, 6) is -0.865. The van der Waals surface area contributed by atoms with Gasteiger partial charge in [-0.25, -0.2) is 4.57 Å². The van der Waals surface area contributed by atoms with Crippen molar-refractivity contribution in [3.63, 3.8) is 0 Å². The highest BCUT2D eigenvalue weighted by Gasteiger charge is 2.26. The predicted octanol–water partition coefficient (Wildman–Crippen LogP) is 11.9. The summed E-state index contributed by atoms with van der Waals surface area (Å²) in [7, 11) is -4.38. The van der Waals surface area contributed by atoms with E-state index in [0.29, 0.717) is 12.8 Å². The van der Waals surface area contributed by atoms with Gasteiger partial charge >= 0.3 is 19.8 Å². The van der Waals surface area contributed by atoms with Crippen LogP contribution in [0, 0.1) is 0 Å². The molecule has 53 heavy (non-hydrogen) atoms. The van der Waals surface area contributed by atoms with E-state index in [2.05, 4.69) is 62.5 Å². The van der Waals surface area contributed by atoms with Crippen molar-refractivity contribution in [2.75, 3.05) is 26.4 Å². The Kier molecular flexibility index (Phi) is 38.1. The second kappa shape index (κ2) is 39.7. The van der Waals surface area contributed by atoms with Crippen LogP contribution in [0.15, 0.2) is 48.6 Å². The molecule has 0 fully saturated rings. The van der Waals surface area contributed by atoms with E-state index in [-0.39, 0.29) is 32.6 Å². The fraction of sp³-hybridized carbons (Fsp3) is 0.767. The summed E-state index contributed by atoms with van der Waals surface area (Å²) < 4.78 is 32.7. The number of ether oxygens (including phenoxy) is 2. The lowest BCUT2D eigenvalue weighted by atomic mass is 10.1. The molecule has 0 aromatic heterocycles. The highest BCUT2D eigenvalue weighted by atomic mass is 31.2. The average Bonchev–Trinajstić information content (AvgIpc) is 3.14. The van der Waals surface area contributed by atoms with E-state index >= 15 is 0 Å². The average molecular weight is 768 g/mol. The molecule has 0 radical (unpaired) electrons. The monoisotopic (exact) mass is 768 g/mol. The largest absolute Gasteiger partial charge is 0.472 e. The lowest BCUT2D eigenvalue weighted by molar-refractivity contribution is -0.161. The van der Waals surface area contributed by atoms with Crippen LogP contribution in [-0.2, 0) is 32.7 Å². The molecule has 308 valence electrons. The van der Waals surface area contributed by atoms with Crippen molar-refractivity contribution < 1.29 is 37.6 Å². The van der Waals surface area contributed by atoms with Crippen molar-refractivity contribution in [2.45, 2.75) is 187 Å². The van der Waals surface area contributed by atoms with Crippen molar-refractivity contribution in [2.24, 2.45) is 5.73 Å². The molecular formula is C43H78NO8P. The number of hydrogen-bond donors (Lipinski definition) is 2. The topological polar surface area (TPSA) is 134 Å². The number of rotatable bonds is 39. The van der Waals surface area contributed by atoms with Gasteiger partial charge in [0.05, 0.1) is 13.2 Å². The van der Waals surface area contributed by atoms with E-state index in [1.165, 1.54) is 70.6 Å². The number of allylic oxidation sites excluding steroid dienone is 8. The first kappa shape index (κ1) is 51.0. The molecular weight excluding hydrogens is 689 g/mol. The first-order valence-corrected chi connectivity index (χ1v) is 22.6. The van der Waals surface area contributed by atoms with Crippen molar-refractivity contribution in [1.82, 2.24) is 0 Å². The summed E-state index contributed by atoms with van der Waals surface area (Å²) in [6.07, 6.45) is 44.2. The Morgan fingerprint density at radius 3 is 1.51 bits per heavy atom. The number of carbonyl (C=O) groups excluding carboxylic acids is 2. The molecule has 0 heterocycles. The number of nitrogens with two attached hydrogens (primary N) is 1. The van der Waals surface area contributed by atoms with Gasteiger partial charge in [-0.3, -0.25) is 18.6 Å². The van der Waals surface area contributed by atoms with Gasteiger partial charge in [-0.15, -0.1) is 0 Å². The SMILES string of the molecule is CCCCCC=CCC=CCC=CCCCCCCC(=O)OCC(COP(=O)(O)OCCN)OC(=O)CCCCCCCC=CCCCCCCCC. The second-order valence-corrected chi connectivity index (χ2v) is 15.3. The lowest BCUT2D eigenvalue weighted by Crippen LogP contribution is -2.29. The van der Waals surface area contributed by atoms with Crippen LogP contribution < -0.4 is 5.73 Å². The van der Waals surface area contributed by atoms with Crippen LogP contribution in [-0.4, -0.2) is 49.3 Å². The van der Waals surface area contributed by atoms with E-state index in [1.54, 1.807) is 0 Å². The van der Waals surface area contributed by atoms with E-state index in [9.17, 15) is 19.0 Å². The Bertz CT molecular complexity index is 1010. The maximum atomic E-state index is 12.6. The van der Waals surface area contributed by atoms with Gasteiger partial charge in [0.15, 0.2) is 6.10 Å². The molecule has 0 aliphatic heterocycles. The zero-order valence-electron chi connectivity index (χ0n) is 33.7. The van der Waals surface area contributed by atoms with Gasteiger partial charge in [0.1, 0.15) is 6.61 Å². The zero-order valence-corrected chi connectivity index (χ0v) is 34.6. The third kappa shape index (κ3) is 39.5. The highest BCUT2D eigenvalue weighted by molar-refractivity contribution is 7.47. The molecule has 2 unspecified atom stereocenters. The molecule has 0 aromatic rings. The Labute approximate surface area is 324 Å². The molecule has 0 aromatic carbocycles. The summed E-state index contributed by atoms with van der Waals surface area (Å²) in [6, 6.07) is 0. The third-order valence-corrected chi connectivity index (χ3v) is 9.67. The van der Waals surface area contributed by atoms with Gasteiger partial charge in [0.2, 0.25) is 0 Å². The maximum Gasteiger partial charge on any atom is 0.472 e. The number of hydrogen-bond acceptors (Lipinski definition) is 8. The van der Waals surface area contributed by atoms with Crippen LogP contribution in [0.5, 0.6) is 0 Å². The standard InChI is InChI=1S/C43H78NO8P/c1-3-5-7-9-11-13-15-17-19-20-22-23-25-27-29-31-33-35-42(45)49-39-41(40-51-53(47,48)50-38-37-44)52-43(46)36-34-32-30-28-26-24-21-18-16-14-12-10-8-6-4-2/h11,13,17-19,21-23,41H,3-10,12,14-16,20,24-40,44H2,1-2H3,(H,47,48). The third-order valence-electron chi connectivity index (χ3n) is 8.69. The lowest BCUT2D eigenvalue weighted by Gasteiger charge is -2.19. The van der Waals surface area contributed by atoms with Crippen LogP contribution in [0.2, 0.25) is 0 Å². The van der Waals surface area contributed by atoms with Gasteiger partial charge < -0.3 is 20.1 Å². The van der Waals surface area contributed by atoms with E-state index in [0.717, 1.165) is 70.6 Å². The fourth-order valence-corrected chi connectivity index (χ4v) is 6.28. The molecule has 0 saturated carbocycles. The number of unbranched alkanes of at least 4 members (excludes halogenated alkanes) is 18. The summed E-state index contributed by atoms with van der Waals surface area (Å²) in [6.45, 7) is 3.66. The smallest absolute Gasteiger partial charge is 0.462 e. The maximum absolute atomic E-state index is 12.6. The van der Waals surface area contributed by atoms with Crippen LogP contribution in [0.3, 0.4) is 0 Å². The molecule has 10 heteroatoms. The van der Waals surface area contributed by atoms with Crippen molar-refractivity contribution >= 4 is 19.8 Å². The first-order valence-electron chi connectivity index (χ1n) is 21.1. The van der Waals surface area contributed by atoms with Gasteiger partial charge in [-0.2, -0.15) is 0 Å². The summed E-state index contributed by atoms with van der Waals surface area (Å²) in [4.78, 5) is 34.8. The van der Waals surface area contributed by atoms with Crippen molar-refractivity contribution in [3.05, 3.63) is 48.6 Å². The Hall–Kier alpha value is -2.03. The minimum absolute atomic E-state index is 0.0474. The van der Waals surface area contributed by atoms with Crippen molar-refractivity contribution in [3.8, 4) is 0 Å². The molecule has 2 atom stereocenters. The van der Waals surface area contributed by atoms with Crippen LogP contribution >= 0.6 is 7.82 Å². The molecule has 0 rings (SSSR count). The number of carbonyl (C=O) groups is 2. The molecule has 3 N–H and O–H groups in total. The zero-order chi connectivity index (χ0) is 38.9. The first-order chi connectivity index (χ1) is 25.8. The molecule has 0 spiro atoms. The Balaban J connectivity index is 4.23. The summed E-state index contributed by atoms with van der Waals surface area (Å²) in [5.41, 5.74) is 5.34. The molecule has 0 aliphatic carbocycles. The van der Waals surface area contributed by atoms with Crippen LogP contribution in [0.1, 0.15) is 181 Å². The van der Waals surface area contributed by atoms with Crippen LogP contribution in [0.4, 0.5) is 0 Å². The Morgan fingerprint density at radius 1 is 0.566 bits per heavy atom. The highest BCUT2D eigenvalue weighted by Crippen LogP contribution is 2.43. The summed E-state index contributed by atoms with van der Waals surface area (Å²) >= 11 is 0. The van der Waals surface area contributed by atoms with Crippen LogP contribution in [0.25, 0.3) is 0 Å². The molecule has 0 amide bonds.